The van der Waals surface area contributed by atoms with Gasteiger partial charge < -0.3 is 0 Å². The van der Waals surface area contributed by atoms with E-state index in [1.165, 1.54) is 89.9 Å². The Morgan fingerprint density at radius 2 is 1.25 bits per heavy atom. The van der Waals surface area contributed by atoms with Gasteiger partial charge in [-0.05, 0) is 38.3 Å². The fourth-order valence-electron chi connectivity index (χ4n) is 3.21. The summed E-state index contributed by atoms with van der Waals surface area (Å²) >= 11 is 0. The summed E-state index contributed by atoms with van der Waals surface area (Å²) < 4.78 is 0. The SMILES string of the molecule is C1=NCC2C/C2=C/CCCCCCCCCCCCC1. The standard InChI is InChI=1S/C19H33N/c1-2-4-6-8-10-12-14-18-16-19(18)17-20-15-13-11-9-7-5-3-1/h14-15,19H,1-13,16-17H2/b18-14-,20-15?. The molecule has 0 bridgehead atoms. The molecular formula is C19H33N. The quantitative estimate of drug-likeness (QED) is 0.474. The monoisotopic (exact) mass is 275 g/mol. The van der Waals surface area contributed by atoms with E-state index in [4.69, 9.17) is 0 Å². The third-order valence-corrected chi connectivity index (χ3v) is 4.75. The molecule has 0 spiro atoms. The molecule has 0 saturated heterocycles. The Balaban J connectivity index is 1.64. The van der Waals surface area contributed by atoms with Crippen molar-refractivity contribution >= 4 is 6.21 Å². The highest BCUT2D eigenvalue weighted by Gasteiger charge is 2.27. The highest BCUT2D eigenvalue weighted by molar-refractivity contribution is 5.57. The van der Waals surface area contributed by atoms with Crippen LogP contribution in [0.4, 0.5) is 0 Å². The van der Waals surface area contributed by atoms with Crippen LogP contribution in [0.3, 0.4) is 0 Å². The van der Waals surface area contributed by atoms with Crippen molar-refractivity contribution in [1.82, 2.24) is 0 Å². The van der Waals surface area contributed by atoms with Crippen LogP contribution in [-0.2, 0) is 0 Å². The Morgan fingerprint density at radius 1 is 0.700 bits per heavy atom. The van der Waals surface area contributed by atoms with Crippen LogP contribution < -0.4 is 0 Å². The van der Waals surface area contributed by atoms with Crippen LogP contribution in [0.2, 0.25) is 0 Å². The second-order valence-electron chi connectivity index (χ2n) is 6.69. The molecule has 114 valence electrons. The van der Waals surface area contributed by atoms with Gasteiger partial charge in [0.1, 0.15) is 0 Å². The zero-order valence-electron chi connectivity index (χ0n) is 13.3. The van der Waals surface area contributed by atoms with E-state index in [-0.39, 0.29) is 0 Å². The molecule has 0 aromatic rings. The molecule has 2 rings (SSSR count). The van der Waals surface area contributed by atoms with Crippen LogP contribution >= 0.6 is 0 Å². The van der Waals surface area contributed by atoms with Crippen molar-refractivity contribution in [1.29, 1.82) is 0 Å². The first-order valence-corrected chi connectivity index (χ1v) is 9.14. The average molecular weight is 275 g/mol. The van der Waals surface area contributed by atoms with E-state index in [0.29, 0.717) is 0 Å². The zero-order valence-corrected chi connectivity index (χ0v) is 13.3. The Morgan fingerprint density at radius 3 is 1.90 bits per heavy atom. The van der Waals surface area contributed by atoms with E-state index in [0.717, 1.165) is 12.5 Å². The number of rotatable bonds is 0. The zero-order chi connectivity index (χ0) is 13.9. The minimum absolute atomic E-state index is 0.813. The summed E-state index contributed by atoms with van der Waals surface area (Å²) in [5, 5.41) is 0. The normalized spacial score (nSPS) is 30.2. The van der Waals surface area contributed by atoms with Crippen molar-refractivity contribution in [2.75, 3.05) is 6.54 Å². The first kappa shape index (κ1) is 15.8. The third-order valence-electron chi connectivity index (χ3n) is 4.75. The largest absolute Gasteiger partial charge is 0.297 e. The Bertz CT molecular complexity index is 303. The van der Waals surface area contributed by atoms with Gasteiger partial charge in [-0.3, -0.25) is 4.99 Å². The topological polar surface area (TPSA) is 12.4 Å². The highest BCUT2D eigenvalue weighted by atomic mass is 14.7. The Labute approximate surface area is 126 Å². The molecular weight excluding hydrogens is 242 g/mol. The van der Waals surface area contributed by atoms with E-state index in [1.54, 1.807) is 5.57 Å². The van der Waals surface area contributed by atoms with Crippen LogP contribution in [0.1, 0.15) is 89.9 Å². The number of fused-ring (bicyclic) bond motifs is 1. The molecule has 1 fully saturated rings. The van der Waals surface area contributed by atoms with Crippen molar-refractivity contribution in [3.63, 3.8) is 0 Å². The number of nitrogens with zero attached hydrogens (tertiary/aromatic N) is 1. The molecule has 0 radical (unpaired) electrons. The minimum atomic E-state index is 0.813. The lowest BCUT2D eigenvalue weighted by molar-refractivity contribution is 0.548. The number of allylic oxidation sites excluding steroid dienone is 1. The summed E-state index contributed by atoms with van der Waals surface area (Å²) in [5.74, 6) is 0.813. The first-order valence-electron chi connectivity index (χ1n) is 9.14. The predicted octanol–water partition coefficient (Wildman–Crippen LogP) is 6.09. The molecule has 0 aromatic carbocycles. The maximum Gasteiger partial charge on any atom is 0.0453 e. The second kappa shape index (κ2) is 10.2. The van der Waals surface area contributed by atoms with Crippen LogP contribution in [0.25, 0.3) is 0 Å². The highest BCUT2D eigenvalue weighted by Crippen LogP contribution is 2.38. The molecule has 1 heterocycles. The molecule has 1 unspecified atom stereocenters. The molecule has 1 atom stereocenters. The molecule has 0 amide bonds. The summed E-state index contributed by atoms with van der Waals surface area (Å²) in [5.41, 5.74) is 1.69. The van der Waals surface area contributed by atoms with Crippen molar-refractivity contribution in [3.8, 4) is 0 Å². The number of hydrogen-bond donors (Lipinski definition) is 0. The van der Waals surface area contributed by atoms with Crippen molar-refractivity contribution in [2.45, 2.75) is 89.9 Å². The van der Waals surface area contributed by atoms with E-state index < -0.39 is 0 Å². The Kier molecular flexibility index (Phi) is 8.04. The fraction of sp³-hybridized carbons (Fsp3) is 0.842. The van der Waals surface area contributed by atoms with Gasteiger partial charge in [-0.2, -0.15) is 0 Å². The number of aliphatic imine (C=N–C) groups is 1. The molecule has 0 aromatic heterocycles. The number of hydrogen-bond acceptors (Lipinski definition) is 1. The van der Waals surface area contributed by atoms with Crippen LogP contribution in [0.5, 0.6) is 0 Å². The lowest BCUT2D eigenvalue weighted by Crippen LogP contribution is -1.86. The van der Waals surface area contributed by atoms with E-state index in [2.05, 4.69) is 17.3 Å². The van der Waals surface area contributed by atoms with Gasteiger partial charge in [0.2, 0.25) is 0 Å². The summed E-state index contributed by atoms with van der Waals surface area (Å²) in [7, 11) is 0. The third kappa shape index (κ3) is 7.26. The van der Waals surface area contributed by atoms with Gasteiger partial charge in [0.05, 0.1) is 0 Å². The molecule has 1 nitrogen and oxygen atoms in total. The summed E-state index contributed by atoms with van der Waals surface area (Å²) in [4.78, 5) is 4.61. The molecule has 1 heteroatoms. The van der Waals surface area contributed by atoms with Gasteiger partial charge in [-0.1, -0.05) is 69.4 Å². The van der Waals surface area contributed by atoms with Crippen molar-refractivity contribution < 1.29 is 0 Å². The second-order valence-corrected chi connectivity index (χ2v) is 6.69. The molecule has 0 N–H and O–H groups in total. The fourth-order valence-corrected chi connectivity index (χ4v) is 3.21. The van der Waals surface area contributed by atoms with Gasteiger partial charge in [-0.15, -0.1) is 0 Å². The van der Waals surface area contributed by atoms with Gasteiger partial charge in [0, 0.05) is 12.5 Å². The lowest BCUT2D eigenvalue weighted by atomic mass is 10.0. The predicted molar refractivity (Wildman–Crippen MR) is 89.6 cm³/mol. The van der Waals surface area contributed by atoms with Gasteiger partial charge >= 0.3 is 0 Å². The average Bonchev–Trinajstić information content (AvgIpc) is 3.20. The first-order chi connectivity index (χ1) is 9.97. The maximum atomic E-state index is 4.61. The molecule has 1 aliphatic carbocycles. The molecule has 20 heavy (non-hydrogen) atoms. The Hall–Kier alpha value is -0.590. The van der Waals surface area contributed by atoms with Gasteiger partial charge in [-0.25, -0.2) is 0 Å². The summed E-state index contributed by atoms with van der Waals surface area (Å²) in [6.45, 7) is 1.06. The van der Waals surface area contributed by atoms with Crippen molar-refractivity contribution in [2.24, 2.45) is 10.9 Å². The van der Waals surface area contributed by atoms with Crippen LogP contribution in [0, 0.1) is 5.92 Å². The van der Waals surface area contributed by atoms with Crippen molar-refractivity contribution in [3.05, 3.63) is 11.6 Å². The lowest BCUT2D eigenvalue weighted by Gasteiger charge is -2.02. The van der Waals surface area contributed by atoms with Gasteiger partial charge in [0.15, 0.2) is 0 Å². The van der Waals surface area contributed by atoms with Crippen LogP contribution in [0.15, 0.2) is 16.6 Å². The smallest absolute Gasteiger partial charge is 0.0453 e. The van der Waals surface area contributed by atoms with Gasteiger partial charge in [0.25, 0.3) is 0 Å². The summed E-state index contributed by atoms with van der Waals surface area (Å²) in [6.07, 6.45) is 24.3. The molecule has 1 aliphatic heterocycles. The maximum absolute atomic E-state index is 4.61. The molecule has 2 aliphatic rings. The summed E-state index contributed by atoms with van der Waals surface area (Å²) in [6, 6.07) is 0. The van der Waals surface area contributed by atoms with E-state index in [1.807, 2.05) is 0 Å². The minimum Gasteiger partial charge on any atom is -0.297 e. The molecule has 1 saturated carbocycles. The van der Waals surface area contributed by atoms with E-state index in [9.17, 15) is 0 Å². The van der Waals surface area contributed by atoms with Crippen LogP contribution in [-0.4, -0.2) is 12.8 Å². The van der Waals surface area contributed by atoms with E-state index >= 15 is 0 Å².